The van der Waals surface area contributed by atoms with Gasteiger partial charge in [0.15, 0.2) is 5.69 Å². The second-order valence-corrected chi connectivity index (χ2v) is 4.50. The van der Waals surface area contributed by atoms with E-state index in [1.54, 1.807) is 12.1 Å². The maximum Gasteiger partial charge on any atom is 0.358 e. The number of carbonyl (C=O) groups excluding carboxylic acids is 1. The van der Waals surface area contributed by atoms with Gasteiger partial charge in [-0.25, -0.2) is 14.2 Å². The number of ether oxygens (including phenoxy) is 1. The predicted molar refractivity (Wildman–Crippen MR) is 69.4 cm³/mol. The maximum atomic E-state index is 13.2. The average Bonchev–Trinajstić information content (AvgIpc) is 2.83. The molecule has 0 atom stereocenters. The van der Waals surface area contributed by atoms with Gasteiger partial charge in [0.25, 0.3) is 0 Å². The zero-order valence-electron chi connectivity index (χ0n) is 11.0. The zero-order chi connectivity index (χ0) is 14.0. The van der Waals surface area contributed by atoms with Gasteiger partial charge in [-0.3, -0.25) is 0 Å². The molecule has 0 aliphatic rings. The number of methoxy groups -OCH3 is 1. The molecule has 0 saturated heterocycles. The molecule has 0 bridgehead atoms. The topological polar surface area (TPSA) is 55.0 Å². The maximum absolute atomic E-state index is 13.2. The van der Waals surface area contributed by atoms with Gasteiger partial charge in [-0.05, 0) is 18.1 Å². The molecule has 1 aromatic carbocycles. The first kappa shape index (κ1) is 13.3. The summed E-state index contributed by atoms with van der Waals surface area (Å²) in [6.45, 7) is 3.88. The molecule has 0 aliphatic heterocycles. The van der Waals surface area contributed by atoms with Gasteiger partial charge in [-0.2, -0.15) is 0 Å². The van der Waals surface area contributed by atoms with Crippen LogP contribution in [-0.2, 0) is 4.74 Å². The van der Waals surface area contributed by atoms with Gasteiger partial charge in [0.1, 0.15) is 11.6 Å². The second kappa shape index (κ2) is 5.22. The largest absolute Gasteiger partial charge is 0.464 e. The third kappa shape index (κ3) is 2.65. The molecule has 0 fully saturated rings. The van der Waals surface area contributed by atoms with E-state index in [4.69, 9.17) is 4.74 Å². The first-order valence-corrected chi connectivity index (χ1v) is 5.97. The van der Waals surface area contributed by atoms with Crippen LogP contribution >= 0.6 is 0 Å². The smallest absolute Gasteiger partial charge is 0.358 e. The van der Waals surface area contributed by atoms with E-state index in [0.29, 0.717) is 17.1 Å². The summed E-state index contributed by atoms with van der Waals surface area (Å²) in [6, 6.07) is 6.05. The molecule has 1 N–H and O–H groups in total. The molecule has 0 aliphatic carbocycles. The number of benzene rings is 1. The number of carbonyl (C=O) groups is 1. The molecule has 2 rings (SSSR count). The SMILES string of the molecule is COC(=O)c1nc(-c2cccc(F)c2)[nH]c1C(C)C. The van der Waals surface area contributed by atoms with E-state index in [9.17, 15) is 9.18 Å². The van der Waals surface area contributed by atoms with Crippen LogP contribution in [0.4, 0.5) is 4.39 Å². The van der Waals surface area contributed by atoms with Crippen molar-refractivity contribution in [2.75, 3.05) is 7.11 Å². The van der Waals surface area contributed by atoms with Gasteiger partial charge < -0.3 is 9.72 Å². The number of imidazole rings is 1. The summed E-state index contributed by atoms with van der Waals surface area (Å²) < 4.78 is 17.9. The van der Waals surface area contributed by atoms with Crippen LogP contribution in [0.15, 0.2) is 24.3 Å². The van der Waals surface area contributed by atoms with Crippen molar-refractivity contribution in [2.45, 2.75) is 19.8 Å². The minimum absolute atomic E-state index is 0.0870. The van der Waals surface area contributed by atoms with E-state index >= 15 is 0 Å². The molecular weight excluding hydrogens is 247 g/mol. The zero-order valence-corrected chi connectivity index (χ0v) is 11.0. The van der Waals surface area contributed by atoms with Crippen LogP contribution in [-0.4, -0.2) is 23.0 Å². The molecule has 4 nitrogen and oxygen atoms in total. The van der Waals surface area contributed by atoms with E-state index in [-0.39, 0.29) is 17.4 Å². The molecule has 0 radical (unpaired) electrons. The fourth-order valence-corrected chi connectivity index (χ4v) is 1.83. The molecule has 5 heteroatoms. The number of H-pyrrole nitrogens is 1. The molecular formula is C14H15FN2O2. The molecule has 1 heterocycles. The van der Waals surface area contributed by atoms with Crippen LogP contribution in [0.2, 0.25) is 0 Å². The standard InChI is InChI=1S/C14H15FN2O2/c1-8(2)11-12(14(18)19-3)17-13(16-11)9-5-4-6-10(15)7-9/h4-8H,1-3H3,(H,16,17). The van der Waals surface area contributed by atoms with Crippen molar-refractivity contribution in [2.24, 2.45) is 0 Å². The summed E-state index contributed by atoms with van der Waals surface area (Å²) in [5, 5.41) is 0. The van der Waals surface area contributed by atoms with Crippen molar-refractivity contribution in [3.05, 3.63) is 41.5 Å². The number of halogens is 1. The third-order valence-corrected chi connectivity index (χ3v) is 2.79. The number of aromatic amines is 1. The van der Waals surface area contributed by atoms with E-state index in [1.807, 2.05) is 13.8 Å². The highest BCUT2D eigenvalue weighted by atomic mass is 19.1. The lowest BCUT2D eigenvalue weighted by Crippen LogP contribution is -2.06. The number of nitrogens with zero attached hydrogens (tertiary/aromatic N) is 1. The second-order valence-electron chi connectivity index (χ2n) is 4.50. The lowest BCUT2D eigenvalue weighted by molar-refractivity contribution is 0.0593. The molecule has 2 aromatic rings. The summed E-state index contributed by atoms with van der Waals surface area (Å²) >= 11 is 0. The quantitative estimate of drug-likeness (QED) is 0.864. The number of hydrogen-bond donors (Lipinski definition) is 1. The Morgan fingerprint density at radius 3 is 2.74 bits per heavy atom. The minimum atomic E-state index is -0.498. The van der Waals surface area contributed by atoms with Crippen LogP contribution in [0, 0.1) is 5.82 Å². The Bertz CT molecular complexity index is 605. The molecule has 0 amide bonds. The Hall–Kier alpha value is -2.17. The van der Waals surface area contributed by atoms with Crippen LogP contribution in [0.1, 0.15) is 35.9 Å². The first-order chi connectivity index (χ1) is 9.02. The Kier molecular flexibility index (Phi) is 3.64. The van der Waals surface area contributed by atoms with Crippen molar-refractivity contribution >= 4 is 5.97 Å². The van der Waals surface area contributed by atoms with Gasteiger partial charge in [0.05, 0.1) is 12.8 Å². The van der Waals surface area contributed by atoms with E-state index in [1.165, 1.54) is 19.2 Å². The van der Waals surface area contributed by atoms with Gasteiger partial charge in [0, 0.05) is 5.56 Å². The number of hydrogen-bond acceptors (Lipinski definition) is 3. The van der Waals surface area contributed by atoms with Crippen LogP contribution in [0.5, 0.6) is 0 Å². The van der Waals surface area contributed by atoms with Crippen LogP contribution in [0.25, 0.3) is 11.4 Å². The van der Waals surface area contributed by atoms with Crippen molar-refractivity contribution in [1.29, 1.82) is 0 Å². The number of nitrogens with one attached hydrogen (secondary N) is 1. The molecule has 1 aromatic heterocycles. The lowest BCUT2D eigenvalue weighted by Gasteiger charge is -2.03. The van der Waals surface area contributed by atoms with E-state index in [0.717, 1.165) is 0 Å². The summed E-state index contributed by atoms with van der Waals surface area (Å²) in [7, 11) is 1.31. The van der Waals surface area contributed by atoms with Gasteiger partial charge >= 0.3 is 5.97 Å². The summed E-state index contributed by atoms with van der Waals surface area (Å²) in [5.74, 6) is -0.297. The van der Waals surface area contributed by atoms with Crippen molar-refractivity contribution in [3.8, 4) is 11.4 Å². The minimum Gasteiger partial charge on any atom is -0.464 e. The predicted octanol–water partition coefficient (Wildman–Crippen LogP) is 3.13. The normalized spacial score (nSPS) is 10.8. The van der Waals surface area contributed by atoms with E-state index in [2.05, 4.69) is 9.97 Å². The van der Waals surface area contributed by atoms with Crippen LogP contribution < -0.4 is 0 Å². The van der Waals surface area contributed by atoms with Crippen LogP contribution in [0.3, 0.4) is 0 Å². The van der Waals surface area contributed by atoms with Gasteiger partial charge in [0.2, 0.25) is 0 Å². The van der Waals surface area contributed by atoms with Crippen molar-refractivity contribution in [1.82, 2.24) is 9.97 Å². The monoisotopic (exact) mass is 262 g/mol. The van der Waals surface area contributed by atoms with Crippen molar-refractivity contribution in [3.63, 3.8) is 0 Å². The van der Waals surface area contributed by atoms with Gasteiger partial charge in [-0.15, -0.1) is 0 Å². The Morgan fingerprint density at radius 2 is 2.16 bits per heavy atom. The first-order valence-electron chi connectivity index (χ1n) is 5.97. The highest BCUT2D eigenvalue weighted by molar-refractivity contribution is 5.89. The fourth-order valence-electron chi connectivity index (χ4n) is 1.83. The number of esters is 1. The Morgan fingerprint density at radius 1 is 1.42 bits per heavy atom. The summed E-state index contributed by atoms with van der Waals surface area (Å²) in [5.41, 5.74) is 1.53. The Labute approximate surface area is 110 Å². The third-order valence-electron chi connectivity index (χ3n) is 2.79. The summed E-state index contributed by atoms with van der Waals surface area (Å²) in [6.07, 6.45) is 0. The molecule has 0 spiro atoms. The lowest BCUT2D eigenvalue weighted by atomic mass is 10.1. The number of aromatic nitrogens is 2. The number of rotatable bonds is 3. The highest BCUT2D eigenvalue weighted by Crippen LogP contribution is 2.24. The van der Waals surface area contributed by atoms with Crippen molar-refractivity contribution < 1.29 is 13.9 Å². The highest BCUT2D eigenvalue weighted by Gasteiger charge is 2.20. The molecule has 0 saturated carbocycles. The summed E-state index contributed by atoms with van der Waals surface area (Å²) in [4.78, 5) is 18.9. The molecule has 19 heavy (non-hydrogen) atoms. The van der Waals surface area contributed by atoms with Gasteiger partial charge in [-0.1, -0.05) is 26.0 Å². The Balaban J connectivity index is 2.51. The molecule has 100 valence electrons. The average molecular weight is 262 g/mol. The fraction of sp³-hybridized carbons (Fsp3) is 0.286. The molecule has 0 unspecified atom stereocenters. The van der Waals surface area contributed by atoms with E-state index < -0.39 is 5.97 Å².